The number of amides is 1. The van der Waals surface area contributed by atoms with E-state index < -0.39 is 55.4 Å². The molecule has 1 amide bonds. The minimum Gasteiger partial charge on any atom is -0.477 e. The molecule has 2 aliphatic rings. The molecule has 0 spiro atoms. The average Bonchev–Trinajstić information content (AvgIpc) is 1.80. The summed E-state index contributed by atoms with van der Waals surface area (Å²) in [6, 6.07) is 27.4. The molecule has 0 unspecified atom stereocenters. The number of nitrogens with two attached hydrogens (primary N) is 1. The largest absolute Gasteiger partial charge is 0.573 e. The van der Waals surface area contributed by atoms with Crippen LogP contribution in [0.1, 0.15) is 117 Å². The van der Waals surface area contributed by atoms with E-state index >= 15 is 0 Å². The minimum absolute atomic E-state index is 0.0625. The van der Waals surface area contributed by atoms with Crippen LogP contribution in [-0.2, 0) is 13.1 Å². The second-order valence-corrected chi connectivity index (χ2v) is 18.4. The first-order valence-electron chi connectivity index (χ1n) is 29.4. The van der Waals surface area contributed by atoms with Gasteiger partial charge in [-0.3, -0.25) is 13.6 Å². The van der Waals surface area contributed by atoms with E-state index in [-0.39, 0.29) is 65.1 Å². The lowest BCUT2D eigenvalue weighted by Gasteiger charge is -2.34. The molecule has 404 valence electrons. The van der Waals surface area contributed by atoms with E-state index in [0.29, 0.717) is 23.6 Å². The van der Waals surface area contributed by atoms with Crippen molar-refractivity contribution in [2.24, 2.45) is 5.73 Å². The number of imidazole rings is 2. The van der Waals surface area contributed by atoms with Gasteiger partial charge in [0.25, 0.3) is 5.91 Å². The normalized spacial score (nSPS) is 16.6. The number of aryl methyl sites for hydroxylation is 4. The third kappa shape index (κ3) is 14.5. The van der Waals surface area contributed by atoms with Gasteiger partial charge in [-0.15, -0.1) is 26.3 Å². The molecule has 19 heteroatoms. The second kappa shape index (κ2) is 23.9. The Balaban J connectivity index is 0.000000188. The van der Waals surface area contributed by atoms with Crippen LogP contribution in [0, 0.1) is 27.6 Å². The van der Waals surface area contributed by atoms with Crippen LogP contribution in [0.3, 0.4) is 0 Å². The fourth-order valence-electron chi connectivity index (χ4n) is 9.23. The summed E-state index contributed by atoms with van der Waals surface area (Å²) in [5.41, 5.74) is 10.7. The van der Waals surface area contributed by atoms with Crippen molar-refractivity contribution in [2.45, 2.75) is 90.9 Å². The first-order valence-corrected chi connectivity index (χ1v) is 24.4. The molecule has 77 heavy (non-hydrogen) atoms. The Morgan fingerprint density at radius 2 is 1.04 bits per heavy atom. The van der Waals surface area contributed by atoms with E-state index in [1.807, 2.05) is 36.4 Å². The number of rotatable bonds is 11. The van der Waals surface area contributed by atoms with Crippen molar-refractivity contribution in [3.8, 4) is 11.5 Å². The summed E-state index contributed by atoms with van der Waals surface area (Å²) in [5.74, 6) is -1.91. The van der Waals surface area contributed by atoms with Gasteiger partial charge in [0, 0.05) is 71.3 Å². The molecule has 13 nitrogen and oxygen atoms in total. The van der Waals surface area contributed by atoms with Crippen LogP contribution in [-0.4, -0.2) is 74.7 Å². The molecule has 10 rings (SSSR count). The molecule has 2 fully saturated rings. The minimum atomic E-state index is -4.72. The summed E-state index contributed by atoms with van der Waals surface area (Å²) in [7, 11) is 0. The number of nitrogens with one attached hydrogen (secondary N) is 1. The quantitative estimate of drug-likeness (QED) is 0.107. The van der Waals surface area contributed by atoms with Crippen molar-refractivity contribution in [3.05, 3.63) is 190 Å². The van der Waals surface area contributed by atoms with Gasteiger partial charge >= 0.3 is 18.7 Å². The lowest BCUT2D eigenvalue weighted by Crippen LogP contribution is -2.32. The second-order valence-electron chi connectivity index (χ2n) is 18.4. The van der Waals surface area contributed by atoms with Crippen LogP contribution in [0.4, 0.5) is 37.7 Å². The zero-order chi connectivity index (χ0) is 63.5. The molecule has 8 aromatic rings. The number of fused-ring (bicyclic) bond motifs is 2. The molecule has 4 aromatic heterocycles. The van der Waals surface area contributed by atoms with Crippen LogP contribution in [0.2, 0.25) is 0 Å². The molecule has 0 aliphatic carbocycles. The molecule has 2 saturated heterocycles. The van der Waals surface area contributed by atoms with Gasteiger partial charge in [0.1, 0.15) is 28.5 Å². The number of carboxylic acid groups (broad SMARTS) is 1. The molecule has 0 saturated carbocycles. The maximum absolute atomic E-state index is 13.2. The smallest absolute Gasteiger partial charge is 0.477 e. The van der Waals surface area contributed by atoms with Crippen molar-refractivity contribution in [2.75, 3.05) is 36.0 Å². The van der Waals surface area contributed by atoms with Gasteiger partial charge in [0.2, 0.25) is 0 Å². The van der Waals surface area contributed by atoms with Crippen molar-refractivity contribution < 1.29 is 64.2 Å². The predicted molar refractivity (Wildman–Crippen MR) is 283 cm³/mol. The number of aromatic carboxylic acids is 1. The predicted octanol–water partition coefficient (Wildman–Crippen LogP) is 12.2. The fourth-order valence-corrected chi connectivity index (χ4v) is 9.23. The van der Waals surface area contributed by atoms with E-state index in [0.717, 1.165) is 84.2 Å². The Morgan fingerprint density at radius 3 is 1.43 bits per heavy atom. The summed E-state index contributed by atoms with van der Waals surface area (Å²) >= 11 is 0. The highest BCUT2D eigenvalue weighted by molar-refractivity contribution is 5.94. The van der Waals surface area contributed by atoms with Gasteiger partial charge in [-0.25, -0.2) is 14.8 Å². The first-order chi connectivity index (χ1) is 40.8. The Morgan fingerprint density at radius 1 is 0.636 bits per heavy atom. The van der Waals surface area contributed by atoms with Gasteiger partial charge in [-0.2, -0.15) is 0 Å². The number of anilines is 2. The third-order valence-electron chi connectivity index (χ3n) is 13.1. The Hall–Kier alpha value is -8.06. The zero-order valence-electron chi connectivity index (χ0n) is 51.7. The topological polar surface area (TPSA) is 152 Å². The SMILES string of the molecule is NCc1ccc(N2CCC(c3ccc(OC(F)(F)F)cc3)CC2)cc1.[2H]c1c(C)cn2c(C(=O)NCc3ccc(N4CCC(c5ccc(OC(F)(F)F)cc5)CC4)cc3)c(C([2H])([2H])[2H])nc2c1[2H].[2H]c1c(C)cn2c(C(=O)O)c(C([2H])([2H])[2H])nc2c1[2H]. The Kier molecular flexibility index (Phi) is 13.4. The summed E-state index contributed by atoms with van der Waals surface area (Å²) in [5, 5.41) is 11.9. The number of ether oxygens (including phenoxy) is 2. The van der Waals surface area contributed by atoms with Gasteiger partial charge in [-0.05, 0) is 159 Å². The zero-order valence-corrected chi connectivity index (χ0v) is 41.7. The number of aromatic nitrogens is 4. The first kappa shape index (κ1) is 43.1. The molecular weight excluding hydrogens is 1000 g/mol. The Labute approximate surface area is 455 Å². The maximum Gasteiger partial charge on any atom is 0.573 e. The number of carbonyl (C=O) groups excluding carboxylic acids is 1. The van der Waals surface area contributed by atoms with Crippen LogP contribution in [0.5, 0.6) is 11.5 Å². The lowest BCUT2D eigenvalue weighted by atomic mass is 9.89. The van der Waals surface area contributed by atoms with Crippen LogP contribution in [0.25, 0.3) is 11.3 Å². The number of hydrogen-bond acceptors (Lipinski definition) is 9. The van der Waals surface area contributed by atoms with Gasteiger partial charge in [0.05, 0.1) is 16.9 Å². The highest BCUT2D eigenvalue weighted by Crippen LogP contribution is 2.34. The van der Waals surface area contributed by atoms with Gasteiger partial charge < -0.3 is 35.4 Å². The summed E-state index contributed by atoms with van der Waals surface area (Å²) in [6.07, 6.45) is -2.99. The van der Waals surface area contributed by atoms with E-state index in [9.17, 15) is 35.9 Å². The number of hydrogen-bond donors (Lipinski definition) is 3. The number of benzene rings is 4. The van der Waals surface area contributed by atoms with Crippen molar-refractivity contribution in [3.63, 3.8) is 0 Å². The number of carboxylic acids is 1. The molecule has 2 aliphatic heterocycles. The highest BCUT2D eigenvalue weighted by atomic mass is 19.4. The van der Waals surface area contributed by atoms with E-state index in [1.165, 1.54) is 46.7 Å². The molecule has 0 radical (unpaired) electrons. The molecule has 6 heterocycles. The molecule has 0 atom stereocenters. The third-order valence-corrected chi connectivity index (χ3v) is 13.1. The van der Waals surface area contributed by atoms with Crippen LogP contribution >= 0.6 is 0 Å². The maximum atomic E-state index is 13.2. The number of halogens is 6. The van der Waals surface area contributed by atoms with Crippen LogP contribution < -0.4 is 30.3 Å². The van der Waals surface area contributed by atoms with Crippen LogP contribution in [0.15, 0.2) is 134 Å². The number of pyridine rings is 2. The van der Waals surface area contributed by atoms with Crippen molar-refractivity contribution in [1.29, 1.82) is 0 Å². The fraction of sp³-hybridized carbons (Fsp3) is 0.310. The molecule has 4 N–H and O–H groups in total. The molecule has 4 aromatic carbocycles. The monoisotopic (exact) mass is 1070 g/mol. The van der Waals surface area contributed by atoms with E-state index in [1.54, 1.807) is 38.1 Å². The number of carbonyl (C=O) groups is 2. The lowest BCUT2D eigenvalue weighted by molar-refractivity contribution is -0.275. The van der Waals surface area contributed by atoms with Gasteiger partial charge in [-0.1, -0.05) is 60.6 Å². The Bertz CT molecular complexity index is 3740. The number of nitrogens with zero attached hydrogens (tertiary/aromatic N) is 6. The van der Waals surface area contributed by atoms with E-state index in [4.69, 9.17) is 24.5 Å². The summed E-state index contributed by atoms with van der Waals surface area (Å²) in [6.45, 7) is 1.82. The van der Waals surface area contributed by atoms with Crippen molar-refractivity contribution in [1.82, 2.24) is 24.1 Å². The summed E-state index contributed by atoms with van der Waals surface area (Å²) < 4.78 is 161. The highest BCUT2D eigenvalue weighted by Gasteiger charge is 2.32. The van der Waals surface area contributed by atoms with Crippen molar-refractivity contribution >= 4 is 34.5 Å². The average molecular weight is 1070 g/mol. The van der Waals surface area contributed by atoms with E-state index in [2.05, 4.69) is 46.7 Å². The molecule has 0 bridgehead atoms. The molecular formula is C58H60F6N8O5. The van der Waals surface area contributed by atoms with Gasteiger partial charge in [0.15, 0.2) is 5.69 Å². The standard InChI is InChI=1S/C29H29F3N4O2.C19H21F3N2O.C10H10N2O2/c1-19-3-12-26-34-20(2)27(36(26)18-19)28(37)33-17-21-4-8-24(9-5-21)35-15-13-23(14-16-35)22-6-10-25(11-7-22)38-29(30,31)32;20-19(21,22)25-18-7-3-15(4-8-18)16-9-11-24(12-10-16)17-5-1-14(13-23)2-6-17;1-6-3-4-8-11-7(2)9(10(13)14)12(8)5-6/h3-12,18,23H,13-17H2,1-2H3,(H,33,37);1-8,16H,9-13,23H2;3-5H,1-2H3,(H,13,14)/i2D3,3D,12D;;2D3,3D,4D. The summed E-state index contributed by atoms with van der Waals surface area (Å²) in [4.78, 5) is 36.8. The number of piperidine rings is 2. The number of alkyl halides is 6.